The number of aryl methyl sites for hydroxylation is 1. The fraction of sp³-hybridized carbons (Fsp3) is 0.400. The second kappa shape index (κ2) is 9.21. The summed E-state index contributed by atoms with van der Waals surface area (Å²) < 4.78 is 18.7. The number of carbonyl (C=O) groups excluding carboxylic acids is 1. The molecule has 172 valence electrons. The quantitative estimate of drug-likeness (QED) is 0.605. The molecular weight excluding hydrogens is 421 g/mol. The Morgan fingerprint density at radius 1 is 0.939 bits per heavy atom. The lowest BCUT2D eigenvalue weighted by Crippen LogP contribution is -2.51. The summed E-state index contributed by atoms with van der Waals surface area (Å²) in [6.07, 6.45) is 1.55. The van der Waals surface area contributed by atoms with Crippen LogP contribution in [-0.2, 0) is 4.79 Å². The maximum Gasteiger partial charge on any atom is 0.324 e. The van der Waals surface area contributed by atoms with Crippen molar-refractivity contribution >= 4 is 17.6 Å². The molecule has 1 amide bonds. The van der Waals surface area contributed by atoms with Crippen molar-refractivity contribution in [2.24, 2.45) is 5.92 Å². The summed E-state index contributed by atoms with van der Waals surface area (Å²) in [5.74, 6) is 0.628. The van der Waals surface area contributed by atoms with E-state index in [1.54, 1.807) is 12.1 Å². The van der Waals surface area contributed by atoms with E-state index in [1.165, 1.54) is 12.1 Å². The van der Waals surface area contributed by atoms with Gasteiger partial charge in [-0.05, 0) is 49.6 Å². The summed E-state index contributed by atoms with van der Waals surface area (Å²) in [5, 5.41) is 4.16. The average molecular weight is 450 g/mol. The number of nitrogens with zero attached hydrogens (tertiary/aromatic N) is 5. The highest BCUT2D eigenvalue weighted by molar-refractivity contribution is 5.79. The van der Waals surface area contributed by atoms with Crippen LogP contribution in [0, 0.1) is 18.7 Å². The Bertz CT molecular complexity index is 1100. The fourth-order valence-electron chi connectivity index (χ4n) is 4.69. The Morgan fingerprint density at radius 3 is 2.33 bits per heavy atom. The van der Waals surface area contributed by atoms with Gasteiger partial charge in [0.1, 0.15) is 5.82 Å². The largest absolute Gasteiger partial charge is 0.368 e. The first-order chi connectivity index (χ1) is 16.1. The molecule has 2 aliphatic rings. The van der Waals surface area contributed by atoms with Crippen LogP contribution in [0.5, 0.6) is 0 Å². The first-order valence-corrected chi connectivity index (χ1v) is 11.5. The molecule has 0 atom stereocenters. The first-order valence-electron chi connectivity index (χ1n) is 11.5. The van der Waals surface area contributed by atoms with Crippen molar-refractivity contribution in [2.75, 3.05) is 49.1 Å². The predicted octanol–water partition coefficient (Wildman–Crippen LogP) is 3.75. The van der Waals surface area contributed by atoms with Crippen molar-refractivity contribution in [3.8, 4) is 11.4 Å². The number of halogens is 1. The van der Waals surface area contributed by atoms with Gasteiger partial charge in [-0.25, -0.2) is 4.39 Å². The molecule has 3 heterocycles. The lowest BCUT2D eigenvalue weighted by molar-refractivity contribution is -0.136. The lowest BCUT2D eigenvalue weighted by Gasteiger charge is -2.39. The van der Waals surface area contributed by atoms with Crippen molar-refractivity contribution < 1.29 is 13.7 Å². The molecule has 0 spiro atoms. The summed E-state index contributed by atoms with van der Waals surface area (Å²) in [7, 11) is 0. The summed E-state index contributed by atoms with van der Waals surface area (Å²) in [6, 6.07) is 15.1. The maximum atomic E-state index is 13.2. The smallest absolute Gasteiger partial charge is 0.324 e. The number of benzene rings is 2. The molecule has 0 saturated carbocycles. The van der Waals surface area contributed by atoms with Gasteiger partial charge in [0.25, 0.3) is 0 Å². The highest BCUT2D eigenvalue weighted by Gasteiger charge is 2.32. The number of hydrogen-bond donors (Lipinski definition) is 0. The van der Waals surface area contributed by atoms with Gasteiger partial charge in [0.05, 0.1) is 0 Å². The van der Waals surface area contributed by atoms with Crippen LogP contribution in [0.3, 0.4) is 0 Å². The van der Waals surface area contributed by atoms with Gasteiger partial charge in [-0.1, -0.05) is 29.4 Å². The summed E-state index contributed by atoms with van der Waals surface area (Å²) >= 11 is 0. The molecule has 2 saturated heterocycles. The molecule has 1 aromatic heterocycles. The van der Waals surface area contributed by atoms with E-state index in [2.05, 4.69) is 19.9 Å². The standard InChI is InChI=1S/C25H28FN5O2/c1-18-4-2-3-5-22(18)23-27-25(33-28-23)31-12-10-19(11-13-31)24(32)30-16-14-29(15-17-30)21-8-6-20(26)7-9-21/h2-9,19H,10-17H2,1H3. The number of hydrogen-bond acceptors (Lipinski definition) is 6. The van der Waals surface area contributed by atoms with Crippen molar-refractivity contribution in [1.82, 2.24) is 15.0 Å². The molecule has 7 nitrogen and oxygen atoms in total. The zero-order valence-corrected chi connectivity index (χ0v) is 18.8. The zero-order chi connectivity index (χ0) is 22.8. The number of amides is 1. The van der Waals surface area contributed by atoms with Gasteiger partial charge in [0.2, 0.25) is 11.7 Å². The van der Waals surface area contributed by atoms with E-state index < -0.39 is 0 Å². The van der Waals surface area contributed by atoms with Crippen molar-refractivity contribution in [1.29, 1.82) is 0 Å². The lowest BCUT2D eigenvalue weighted by atomic mass is 9.95. The Labute approximate surface area is 192 Å². The number of rotatable bonds is 4. The van der Waals surface area contributed by atoms with Gasteiger partial charge in [0, 0.05) is 56.4 Å². The second-order valence-electron chi connectivity index (χ2n) is 8.77. The SMILES string of the molecule is Cc1ccccc1-c1noc(N2CCC(C(=O)N3CCN(c4ccc(F)cc4)CC3)CC2)n1. The Balaban J connectivity index is 1.14. The van der Waals surface area contributed by atoms with Crippen LogP contribution in [0.15, 0.2) is 53.1 Å². The highest BCUT2D eigenvalue weighted by Crippen LogP contribution is 2.27. The number of piperazine rings is 1. The van der Waals surface area contributed by atoms with Crippen LogP contribution in [0.25, 0.3) is 11.4 Å². The van der Waals surface area contributed by atoms with Crippen LogP contribution in [0.1, 0.15) is 18.4 Å². The molecule has 2 aliphatic heterocycles. The van der Waals surface area contributed by atoms with Crippen molar-refractivity contribution in [3.05, 3.63) is 59.9 Å². The monoisotopic (exact) mass is 449 g/mol. The molecular formula is C25H28FN5O2. The van der Waals surface area contributed by atoms with Crippen LogP contribution >= 0.6 is 0 Å². The molecule has 0 radical (unpaired) electrons. The predicted molar refractivity (Wildman–Crippen MR) is 125 cm³/mol. The van der Waals surface area contributed by atoms with Gasteiger partial charge in [-0.3, -0.25) is 4.79 Å². The molecule has 33 heavy (non-hydrogen) atoms. The zero-order valence-electron chi connectivity index (χ0n) is 18.8. The van der Waals surface area contributed by atoms with Gasteiger partial charge in [-0.15, -0.1) is 0 Å². The van der Waals surface area contributed by atoms with Gasteiger partial charge in [0.15, 0.2) is 0 Å². The fourth-order valence-corrected chi connectivity index (χ4v) is 4.69. The van der Waals surface area contributed by atoms with E-state index in [0.717, 1.165) is 55.8 Å². The minimum atomic E-state index is -0.231. The van der Waals surface area contributed by atoms with Crippen LogP contribution in [0.4, 0.5) is 16.1 Å². The van der Waals surface area contributed by atoms with Crippen molar-refractivity contribution in [3.63, 3.8) is 0 Å². The van der Waals surface area contributed by atoms with E-state index in [-0.39, 0.29) is 17.6 Å². The number of piperidine rings is 1. The van der Waals surface area contributed by atoms with E-state index in [1.807, 2.05) is 36.1 Å². The normalized spacial score (nSPS) is 17.5. The minimum Gasteiger partial charge on any atom is -0.368 e. The molecule has 2 aromatic carbocycles. The molecule has 0 N–H and O–H groups in total. The molecule has 5 rings (SSSR count). The number of aromatic nitrogens is 2. The summed E-state index contributed by atoms with van der Waals surface area (Å²) in [4.78, 5) is 23.9. The summed E-state index contributed by atoms with van der Waals surface area (Å²) in [5.41, 5.74) is 3.08. The third-order valence-electron chi connectivity index (χ3n) is 6.70. The molecule has 2 fully saturated rings. The molecule has 0 unspecified atom stereocenters. The van der Waals surface area contributed by atoms with Gasteiger partial charge in [-0.2, -0.15) is 4.98 Å². The van der Waals surface area contributed by atoms with E-state index in [9.17, 15) is 9.18 Å². The topological polar surface area (TPSA) is 65.7 Å². The molecule has 0 aliphatic carbocycles. The Hall–Kier alpha value is -3.42. The average Bonchev–Trinajstić information content (AvgIpc) is 3.35. The third-order valence-corrected chi connectivity index (χ3v) is 6.70. The second-order valence-corrected chi connectivity index (χ2v) is 8.77. The van der Waals surface area contributed by atoms with Gasteiger partial charge < -0.3 is 19.2 Å². The maximum absolute atomic E-state index is 13.2. The molecule has 3 aromatic rings. The highest BCUT2D eigenvalue weighted by atomic mass is 19.1. The number of anilines is 2. The molecule has 0 bridgehead atoms. The van der Waals surface area contributed by atoms with Crippen LogP contribution in [0.2, 0.25) is 0 Å². The van der Waals surface area contributed by atoms with Gasteiger partial charge >= 0.3 is 6.01 Å². The van der Waals surface area contributed by atoms with Crippen LogP contribution in [-0.4, -0.2) is 60.2 Å². The van der Waals surface area contributed by atoms with Crippen molar-refractivity contribution in [2.45, 2.75) is 19.8 Å². The number of carbonyl (C=O) groups is 1. The first kappa shape index (κ1) is 21.4. The van der Waals surface area contributed by atoms with Crippen LogP contribution < -0.4 is 9.80 Å². The summed E-state index contributed by atoms with van der Waals surface area (Å²) in [6.45, 7) is 6.39. The van der Waals surface area contributed by atoms with E-state index in [4.69, 9.17) is 4.52 Å². The van der Waals surface area contributed by atoms with E-state index in [0.29, 0.717) is 24.9 Å². The third kappa shape index (κ3) is 4.55. The minimum absolute atomic E-state index is 0.0254. The molecule has 8 heteroatoms. The van der Waals surface area contributed by atoms with E-state index >= 15 is 0 Å². The Kier molecular flexibility index (Phi) is 5.98. The Morgan fingerprint density at radius 2 is 1.64 bits per heavy atom.